The van der Waals surface area contributed by atoms with Crippen LogP contribution < -0.4 is 4.74 Å². The number of urea groups is 1. The molecular weight excluding hydrogens is 461 g/mol. The van der Waals surface area contributed by atoms with E-state index in [1.165, 1.54) is 12.1 Å². The first kappa shape index (κ1) is 24.2. The first-order chi connectivity index (χ1) is 17.4. The summed E-state index contributed by atoms with van der Waals surface area (Å²) in [6.45, 7) is 6.63. The van der Waals surface area contributed by atoms with Gasteiger partial charge in [0.15, 0.2) is 0 Å². The van der Waals surface area contributed by atoms with Crippen LogP contribution in [0.5, 0.6) is 5.75 Å². The van der Waals surface area contributed by atoms with E-state index in [9.17, 15) is 14.0 Å². The van der Waals surface area contributed by atoms with Gasteiger partial charge >= 0.3 is 6.03 Å². The van der Waals surface area contributed by atoms with E-state index in [0.29, 0.717) is 30.2 Å². The fourth-order valence-electron chi connectivity index (χ4n) is 5.28. The summed E-state index contributed by atoms with van der Waals surface area (Å²) in [5.74, 6) is 0.168. The van der Waals surface area contributed by atoms with Crippen LogP contribution in [0.25, 0.3) is 0 Å². The molecule has 9 heteroatoms. The maximum Gasteiger partial charge on any atom is 0.340 e. The van der Waals surface area contributed by atoms with Crippen molar-refractivity contribution in [3.8, 4) is 5.75 Å². The highest BCUT2D eigenvalue weighted by Gasteiger charge is 2.45. The second kappa shape index (κ2) is 10.3. The molecule has 0 N–H and O–H groups in total. The Kier molecular flexibility index (Phi) is 6.91. The molecule has 0 unspecified atom stereocenters. The molecular formula is C27H32FN5O3. The van der Waals surface area contributed by atoms with E-state index >= 15 is 0 Å². The van der Waals surface area contributed by atoms with Crippen molar-refractivity contribution in [2.24, 2.45) is 11.0 Å². The number of hydrogen-bond donors (Lipinski definition) is 0. The molecule has 0 aliphatic carbocycles. The summed E-state index contributed by atoms with van der Waals surface area (Å²) < 4.78 is 20.0. The molecule has 2 aromatic carbocycles. The van der Waals surface area contributed by atoms with Gasteiger partial charge < -0.3 is 14.5 Å². The van der Waals surface area contributed by atoms with Crippen LogP contribution in [0.4, 0.5) is 9.18 Å². The quantitative estimate of drug-likeness (QED) is 0.642. The number of carbonyl (C=O) groups is 2. The molecule has 1 saturated heterocycles. The largest absolute Gasteiger partial charge is 0.492 e. The van der Waals surface area contributed by atoms with Crippen molar-refractivity contribution in [1.29, 1.82) is 0 Å². The molecule has 36 heavy (non-hydrogen) atoms. The minimum absolute atomic E-state index is 0.122. The average molecular weight is 494 g/mol. The molecule has 0 aromatic heterocycles. The third kappa shape index (κ3) is 4.80. The van der Waals surface area contributed by atoms with Gasteiger partial charge in [0.25, 0.3) is 0 Å². The van der Waals surface area contributed by atoms with E-state index in [2.05, 4.69) is 4.90 Å². The first-order valence-corrected chi connectivity index (χ1v) is 12.5. The van der Waals surface area contributed by atoms with Crippen LogP contribution in [0.3, 0.4) is 0 Å². The number of halogens is 1. The van der Waals surface area contributed by atoms with Crippen molar-refractivity contribution in [2.75, 3.05) is 52.9 Å². The second-order valence-electron chi connectivity index (χ2n) is 9.65. The van der Waals surface area contributed by atoms with Gasteiger partial charge in [-0.3, -0.25) is 9.69 Å². The number of benzene rings is 2. The molecule has 2 aromatic rings. The maximum absolute atomic E-state index is 14.1. The molecule has 3 aliphatic rings. The average Bonchev–Trinajstić information content (AvgIpc) is 3.29. The van der Waals surface area contributed by atoms with Gasteiger partial charge in [0.2, 0.25) is 5.91 Å². The van der Waals surface area contributed by atoms with E-state index in [-0.39, 0.29) is 29.7 Å². The Balaban J connectivity index is 1.29. The number of rotatable bonds is 5. The first-order valence-electron chi connectivity index (χ1n) is 12.5. The molecule has 0 radical (unpaired) electrons. The van der Waals surface area contributed by atoms with E-state index in [0.717, 1.165) is 44.7 Å². The summed E-state index contributed by atoms with van der Waals surface area (Å²) in [6.07, 6.45) is 0.823. The zero-order chi connectivity index (χ0) is 25.2. The summed E-state index contributed by atoms with van der Waals surface area (Å²) in [7, 11) is 1.80. The molecule has 3 heterocycles. The molecule has 0 spiro atoms. The van der Waals surface area contributed by atoms with Crippen molar-refractivity contribution in [1.82, 2.24) is 19.7 Å². The van der Waals surface area contributed by atoms with Crippen molar-refractivity contribution in [3.63, 3.8) is 0 Å². The van der Waals surface area contributed by atoms with Gasteiger partial charge in [-0.25, -0.2) is 14.2 Å². The summed E-state index contributed by atoms with van der Waals surface area (Å²) in [5.41, 5.74) is 2.26. The third-order valence-electron chi connectivity index (χ3n) is 7.30. The van der Waals surface area contributed by atoms with Gasteiger partial charge in [-0.05, 0) is 36.7 Å². The van der Waals surface area contributed by atoms with Crippen LogP contribution in [0.15, 0.2) is 53.6 Å². The van der Waals surface area contributed by atoms with E-state index in [4.69, 9.17) is 9.84 Å². The molecule has 2 atom stereocenters. The topological polar surface area (TPSA) is 68.7 Å². The molecule has 0 saturated carbocycles. The number of fused-ring (bicyclic) bond motifs is 3. The predicted octanol–water partition coefficient (Wildman–Crippen LogP) is 3.20. The normalized spacial score (nSPS) is 21.4. The van der Waals surface area contributed by atoms with Crippen LogP contribution >= 0.6 is 0 Å². The number of piperazine rings is 1. The Hall–Kier alpha value is -3.46. The number of ether oxygens (including phenoxy) is 1. The number of hydrogen-bond acceptors (Lipinski definition) is 5. The standard InChI is InChI=1S/C27H32FN5O3/c1-19(34)32-15-13-31(14-16-32)12-6-11-30(2)27(35)33-26(20-7-4-3-5-8-20)23-18-36-24-10-9-21(28)17-22(24)25(23)29-33/h3-5,7-10,17,23,26H,6,11-16,18H2,1-2H3/t23-,26-/m1/s1. The Bertz CT molecular complexity index is 1150. The number of hydrazone groups is 1. The van der Waals surface area contributed by atoms with E-state index in [1.807, 2.05) is 35.2 Å². The van der Waals surface area contributed by atoms with E-state index < -0.39 is 0 Å². The van der Waals surface area contributed by atoms with Crippen molar-refractivity contribution in [2.45, 2.75) is 19.4 Å². The van der Waals surface area contributed by atoms with Crippen LogP contribution in [-0.2, 0) is 4.79 Å². The van der Waals surface area contributed by atoms with Gasteiger partial charge in [0.05, 0.1) is 24.3 Å². The Morgan fingerprint density at radius 2 is 1.86 bits per heavy atom. The van der Waals surface area contributed by atoms with Gasteiger partial charge in [0.1, 0.15) is 11.6 Å². The smallest absolute Gasteiger partial charge is 0.340 e. The van der Waals surface area contributed by atoms with Crippen molar-refractivity contribution >= 4 is 17.6 Å². The van der Waals surface area contributed by atoms with Gasteiger partial charge in [-0.15, -0.1) is 0 Å². The lowest BCUT2D eigenvalue weighted by molar-refractivity contribution is -0.130. The van der Waals surface area contributed by atoms with Crippen molar-refractivity contribution < 1.29 is 18.7 Å². The van der Waals surface area contributed by atoms with Gasteiger partial charge in [-0.1, -0.05) is 30.3 Å². The molecule has 3 aliphatic heterocycles. The summed E-state index contributed by atoms with van der Waals surface area (Å²) in [5, 5.41) is 6.30. The van der Waals surface area contributed by atoms with Crippen molar-refractivity contribution in [3.05, 3.63) is 65.5 Å². The SMILES string of the molecule is CC(=O)N1CCN(CCCN(C)C(=O)N2N=C3c4cc(F)ccc4OC[C@H]3[C@H]2c2ccccc2)CC1. The third-order valence-corrected chi connectivity index (χ3v) is 7.30. The van der Waals surface area contributed by atoms with Crippen LogP contribution in [-0.4, -0.2) is 90.3 Å². The van der Waals surface area contributed by atoms with Crippen LogP contribution in [0, 0.1) is 11.7 Å². The Morgan fingerprint density at radius 1 is 1.11 bits per heavy atom. The lowest BCUT2D eigenvalue weighted by Gasteiger charge is -2.34. The molecule has 8 nitrogen and oxygen atoms in total. The molecule has 0 bridgehead atoms. The van der Waals surface area contributed by atoms with Gasteiger partial charge in [0, 0.05) is 52.3 Å². The predicted molar refractivity (Wildman–Crippen MR) is 134 cm³/mol. The molecule has 190 valence electrons. The van der Waals surface area contributed by atoms with E-state index in [1.54, 1.807) is 29.9 Å². The zero-order valence-electron chi connectivity index (χ0n) is 20.8. The minimum atomic E-state index is -0.358. The fraction of sp³-hybridized carbons (Fsp3) is 0.444. The fourth-order valence-corrected chi connectivity index (χ4v) is 5.28. The Labute approximate surface area is 210 Å². The summed E-state index contributed by atoms with van der Waals surface area (Å²) in [6, 6.07) is 13.7. The summed E-state index contributed by atoms with van der Waals surface area (Å²) >= 11 is 0. The number of amides is 3. The molecule has 1 fully saturated rings. The highest BCUT2D eigenvalue weighted by atomic mass is 19.1. The lowest BCUT2D eigenvalue weighted by atomic mass is 9.86. The van der Waals surface area contributed by atoms with Crippen LogP contribution in [0.1, 0.15) is 30.5 Å². The maximum atomic E-state index is 14.1. The van der Waals surface area contributed by atoms with Crippen LogP contribution in [0.2, 0.25) is 0 Å². The number of carbonyl (C=O) groups excluding carboxylic acids is 2. The number of nitrogens with zero attached hydrogens (tertiary/aromatic N) is 5. The second-order valence-corrected chi connectivity index (χ2v) is 9.65. The minimum Gasteiger partial charge on any atom is -0.492 e. The Morgan fingerprint density at radius 3 is 2.58 bits per heavy atom. The lowest BCUT2D eigenvalue weighted by Crippen LogP contribution is -2.48. The zero-order valence-corrected chi connectivity index (χ0v) is 20.8. The van der Waals surface area contributed by atoms with Gasteiger partial charge in [-0.2, -0.15) is 5.10 Å². The highest BCUT2D eigenvalue weighted by molar-refractivity contribution is 6.07. The highest BCUT2D eigenvalue weighted by Crippen LogP contribution is 2.43. The monoisotopic (exact) mass is 493 g/mol. The molecule has 5 rings (SSSR count). The molecule has 3 amide bonds. The summed E-state index contributed by atoms with van der Waals surface area (Å²) in [4.78, 5) is 31.1.